The Balaban J connectivity index is 2.64. The molecule has 21 heavy (non-hydrogen) atoms. The number of carbonyl (C=O) groups excluding carboxylic acids is 1. The summed E-state index contributed by atoms with van der Waals surface area (Å²) >= 11 is 0. The van der Waals surface area contributed by atoms with Gasteiger partial charge in [0.1, 0.15) is 5.82 Å². The lowest BCUT2D eigenvalue weighted by atomic mass is 10.1. The van der Waals surface area contributed by atoms with E-state index in [0.717, 1.165) is 31.6 Å². The molecular formula is C17H27FN2O. The van der Waals surface area contributed by atoms with Gasteiger partial charge in [-0.15, -0.1) is 0 Å². The number of hydrogen-bond acceptors (Lipinski definition) is 2. The van der Waals surface area contributed by atoms with Gasteiger partial charge in [0, 0.05) is 13.1 Å². The molecule has 1 aromatic rings. The summed E-state index contributed by atoms with van der Waals surface area (Å²) in [4.78, 5) is 16.4. The van der Waals surface area contributed by atoms with Crippen molar-refractivity contribution in [2.24, 2.45) is 0 Å². The minimum Gasteiger partial charge on any atom is -0.339 e. The second-order valence-corrected chi connectivity index (χ2v) is 5.25. The lowest BCUT2D eigenvalue weighted by molar-refractivity contribution is 0.0753. The standard InChI is InChI=1S/C17H27FN2O/c1-5-19(6-2)11-8-12-20(7-3)17(21)15-10-9-14(4)13-16(15)18/h9-10,13H,5-8,11-12H2,1-4H3. The first-order valence-electron chi connectivity index (χ1n) is 7.81. The van der Waals surface area contributed by atoms with Crippen LogP contribution in [0, 0.1) is 12.7 Å². The minimum absolute atomic E-state index is 0.172. The zero-order valence-corrected chi connectivity index (χ0v) is 13.7. The first kappa shape index (κ1) is 17.6. The van der Waals surface area contributed by atoms with Crippen LogP contribution in [0.25, 0.3) is 0 Å². The first-order valence-corrected chi connectivity index (χ1v) is 7.81. The third-order valence-electron chi connectivity index (χ3n) is 3.82. The van der Waals surface area contributed by atoms with Crippen LogP contribution in [0.15, 0.2) is 18.2 Å². The number of hydrogen-bond donors (Lipinski definition) is 0. The van der Waals surface area contributed by atoms with Gasteiger partial charge in [0.15, 0.2) is 0 Å². The van der Waals surface area contributed by atoms with Gasteiger partial charge in [-0.2, -0.15) is 0 Å². The number of aryl methyl sites for hydroxylation is 1. The molecule has 0 aliphatic heterocycles. The monoisotopic (exact) mass is 294 g/mol. The Kier molecular flexibility index (Phi) is 7.37. The van der Waals surface area contributed by atoms with Crippen LogP contribution in [0.4, 0.5) is 4.39 Å². The van der Waals surface area contributed by atoms with E-state index in [-0.39, 0.29) is 11.5 Å². The van der Waals surface area contributed by atoms with E-state index in [1.54, 1.807) is 17.0 Å². The molecule has 0 N–H and O–H groups in total. The fraction of sp³-hybridized carbons (Fsp3) is 0.588. The van der Waals surface area contributed by atoms with Crippen molar-refractivity contribution in [2.75, 3.05) is 32.7 Å². The van der Waals surface area contributed by atoms with Gasteiger partial charge in [-0.3, -0.25) is 4.79 Å². The van der Waals surface area contributed by atoms with Crippen molar-refractivity contribution in [1.82, 2.24) is 9.80 Å². The van der Waals surface area contributed by atoms with Crippen molar-refractivity contribution in [2.45, 2.75) is 34.1 Å². The summed E-state index contributed by atoms with van der Waals surface area (Å²) in [6.07, 6.45) is 0.911. The van der Waals surface area contributed by atoms with Gasteiger partial charge in [-0.05, 0) is 57.6 Å². The summed E-state index contributed by atoms with van der Waals surface area (Å²) in [5.74, 6) is -0.642. The van der Waals surface area contributed by atoms with Gasteiger partial charge in [0.2, 0.25) is 0 Å². The van der Waals surface area contributed by atoms with Crippen LogP contribution in [-0.4, -0.2) is 48.4 Å². The summed E-state index contributed by atoms with van der Waals surface area (Å²) in [5, 5.41) is 0. The van der Waals surface area contributed by atoms with Gasteiger partial charge in [-0.1, -0.05) is 19.9 Å². The molecule has 4 heteroatoms. The topological polar surface area (TPSA) is 23.6 Å². The highest BCUT2D eigenvalue weighted by molar-refractivity contribution is 5.94. The molecule has 0 fully saturated rings. The molecule has 0 bridgehead atoms. The third kappa shape index (κ3) is 5.12. The average Bonchev–Trinajstić information content (AvgIpc) is 2.47. The predicted molar refractivity (Wildman–Crippen MR) is 85.1 cm³/mol. The highest BCUT2D eigenvalue weighted by atomic mass is 19.1. The maximum absolute atomic E-state index is 13.9. The molecule has 0 radical (unpaired) electrons. The predicted octanol–water partition coefficient (Wildman–Crippen LogP) is 3.33. The molecule has 1 aromatic carbocycles. The van der Waals surface area contributed by atoms with Crippen molar-refractivity contribution in [3.63, 3.8) is 0 Å². The molecule has 1 rings (SSSR count). The van der Waals surface area contributed by atoms with Crippen molar-refractivity contribution in [3.8, 4) is 0 Å². The van der Waals surface area contributed by atoms with Gasteiger partial charge in [0.25, 0.3) is 5.91 Å². The fourth-order valence-corrected chi connectivity index (χ4v) is 2.39. The zero-order chi connectivity index (χ0) is 15.8. The lowest BCUT2D eigenvalue weighted by Gasteiger charge is -2.24. The van der Waals surface area contributed by atoms with Gasteiger partial charge < -0.3 is 9.80 Å². The molecule has 0 heterocycles. The Hall–Kier alpha value is -1.42. The summed E-state index contributed by atoms with van der Waals surface area (Å²) in [6.45, 7) is 12.3. The molecule has 0 atom stereocenters. The first-order chi connectivity index (χ1) is 10.0. The van der Waals surface area contributed by atoms with E-state index in [1.165, 1.54) is 6.07 Å². The van der Waals surface area contributed by atoms with E-state index >= 15 is 0 Å². The van der Waals surface area contributed by atoms with Crippen molar-refractivity contribution in [1.29, 1.82) is 0 Å². The zero-order valence-electron chi connectivity index (χ0n) is 13.7. The summed E-state index contributed by atoms with van der Waals surface area (Å²) in [6, 6.07) is 4.77. The Morgan fingerprint density at radius 2 is 1.76 bits per heavy atom. The average molecular weight is 294 g/mol. The van der Waals surface area contributed by atoms with Crippen LogP contribution in [-0.2, 0) is 0 Å². The van der Waals surface area contributed by atoms with Crippen LogP contribution in [0.3, 0.4) is 0 Å². The van der Waals surface area contributed by atoms with E-state index in [9.17, 15) is 9.18 Å². The quantitative estimate of drug-likeness (QED) is 0.734. The Morgan fingerprint density at radius 3 is 2.29 bits per heavy atom. The van der Waals surface area contributed by atoms with Crippen LogP contribution in [0.2, 0.25) is 0 Å². The number of amides is 1. The van der Waals surface area contributed by atoms with E-state index in [0.29, 0.717) is 13.1 Å². The van der Waals surface area contributed by atoms with Crippen LogP contribution in [0.5, 0.6) is 0 Å². The maximum atomic E-state index is 13.9. The minimum atomic E-state index is -0.429. The van der Waals surface area contributed by atoms with Crippen LogP contribution >= 0.6 is 0 Å². The summed E-state index contributed by atoms with van der Waals surface area (Å²) in [7, 11) is 0. The van der Waals surface area contributed by atoms with Gasteiger partial charge >= 0.3 is 0 Å². The normalized spacial score (nSPS) is 11.0. The number of carbonyl (C=O) groups is 1. The highest BCUT2D eigenvalue weighted by Crippen LogP contribution is 2.13. The van der Waals surface area contributed by atoms with E-state index < -0.39 is 5.82 Å². The number of rotatable bonds is 8. The number of benzene rings is 1. The van der Waals surface area contributed by atoms with Crippen molar-refractivity contribution < 1.29 is 9.18 Å². The second-order valence-electron chi connectivity index (χ2n) is 5.25. The lowest BCUT2D eigenvalue weighted by Crippen LogP contribution is -2.34. The fourth-order valence-electron chi connectivity index (χ4n) is 2.39. The molecule has 0 spiro atoms. The highest BCUT2D eigenvalue weighted by Gasteiger charge is 2.17. The van der Waals surface area contributed by atoms with E-state index in [2.05, 4.69) is 18.7 Å². The molecule has 3 nitrogen and oxygen atoms in total. The number of nitrogens with zero attached hydrogens (tertiary/aromatic N) is 2. The Labute approximate surface area is 127 Å². The van der Waals surface area contributed by atoms with Crippen molar-refractivity contribution in [3.05, 3.63) is 35.1 Å². The largest absolute Gasteiger partial charge is 0.339 e. The van der Waals surface area contributed by atoms with Crippen molar-refractivity contribution >= 4 is 5.91 Å². The second kappa shape index (κ2) is 8.78. The third-order valence-corrected chi connectivity index (χ3v) is 3.82. The van der Waals surface area contributed by atoms with Crippen LogP contribution in [0.1, 0.15) is 43.1 Å². The SMILES string of the molecule is CCN(CC)CCCN(CC)C(=O)c1ccc(C)cc1F. The van der Waals surface area contributed by atoms with E-state index in [4.69, 9.17) is 0 Å². The number of halogens is 1. The Morgan fingerprint density at radius 1 is 1.10 bits per heavy atom. The molecule has 0 saturated carbocycles. The smallest absolute Gasteiger partial charge is 0.256 e. The molecule has 0 unspecified atom stereocenters. The molecule has 118 valence electrons. The molecular weight excluding hydrogens is 267 g/mol. The summed E-state index contributed by atoms with van der Waals surface area (Å²) in [5.41, 5.74) is 0.999. The van der Waals surface area contributed by atoms with E-state index in [1.807, 2.05) is 13.8 Å². The molecule has 0 saturated heterocycles. The van der Waals surface area contributed by atoms with Gasteiger partial charge in [-0.25, -0.2) is 4.39 Å². The molecule has 1 amide bonds. The molecule has 0 aliphatic carbocycles. The molecule has 0 aromatic heterocycles. The Bertz CT molecular complexity index is 458. The van der Waals surface area contributed by atoms with Crippen LogP contribution < -0.4 is 0 Å². The molecule has 0 aliphatic rings. The van der Waals surface area contributed by atoms with Gasteiger partial charge in [0.05, 0.1) is 5.56 Å². The summed E-state index contributed by atoms with van der Waals surface area (Å²) < 4.78 is 13.9. The maximum Gasteiger partial charge on any atom is 0.256 e.